The number of carbonyl (C=O) groups is 1. The third-order valence-electron chi connectivity index (χ3n) is 8.70. The Morgan fingerprint density at radius 1 is 0.962 bits per heavy atom. The molecule has 10 nitrogen and oxygen atoms in total. The first-order valence-electron chi connectivity index (χ1n) is 16.4. The summed E-state index contributed by atoms with van der Waals surface area (Å²) in [6.07, 6.45) is 11.6. The van der Waals surface area contributed by atoms with Gasteiger partial charge in [0.15, 0.2) is 0 Å². The van der Waals surface area contributed by atoms with Gasteiger partial charge in [-0.3, -0.25) is 25.0 Å². The quantitative estimate of drug-likeness (QED) is 0.0906. The molecule has 52 heavy (non-hydrogen) atoms. The molecule has 264 valence electrons. The van der Waals surface area contributed by atoms with E-state index in [1.807, 2.05) is 54.6 Å². The molecule has 0 saturated carbocycles. The van der Waals surface area contributed by atoms with Crippen molar-refractivity contribution < 1.29 is 28.5 Å². The molecule has 4 aromatic rings. The standard InChI is InChI=1S/C26H21FN2O4.C14H13NO3S/c27-16-17-33-22-14-10-20(11-15-22)18-28-25-7-2-1-5-23(25)24(26(28)30)6-3-4-19-8-12-21(13-9-19)29(31)32;1-18-12-5-3-10-6-9-2-4-11(15(16)17)7-13(9)19-14(10)8-12/h1-15H,16-18H2;2-5,7-9,13H,6H2,1H3/b4-3+,24-6-;. The Bertz CT molecular complexity index is 2100. The summed E-state index contributed by atoms with van der Waals surface area (Å²) < 4.78 is 22.8. The van der Waals surface area contributed by atoms with Gasteiger partial charge in [0.2, 0.25) is 0 Å². The maximum atomic E-state index is 13.2. The summed E-state index contributed by atoms with van der Waals surface area (Å²) in [5.74, 6) is 1.65. The number of nitrogens with zero attached hydrogens (tertiary/aromatic N) is 3. The van der Waals surface area contributed by atoms with Crippen molar-refractivity contribution in [2.24, 2.45) is 5.92 Å². The lowest BCUT2D eigenvalue weighted by Crippen LogP contribution is -2.25. The van der Waals surface area contributed by atoms with Crippen LogP contribution in [0.2, 0.25) is 0 Å². The molecule has 0 radical (unpaired) electrons. The van der Waals surface area contributed by atoms with Gasteiger partial charge in [-0.05, 0) is 77.6 Å². The average molecular weight is 720 g/mol. The van der Waals surface area contributed by atoms with Gasteiger partial charge >= 0.3 is 0 Å². The van der Waals surface area contributed by atoms with Crippen molar-refractivity contribution in [3.05, 3.63) is 170 Å². The Morgan fingerprint density at radius 2 is 1.71 bits per heavy atom. The summed E-state index contributed by atoms with van der Waals surface area (Å²) in [7, 11) is 1.64. The van der Waals surface area contributed by atoms with Gasteiger partial charge in [0.25, 0.3) is 17.3 Å². The van der Waals surface area contributed by atoms with Gasteiger partial charge in [0, 0.05) is 45.6 Å². The van der Waals surface area contributed by atoms with Crippen molar-refractivity contribution in [3.63, 3.8) is 0 Å². The van der Waals surface area contributed by atoms with E-state index in [0.29, 0.717) is 23.8 Å². The number of thioether (sulfide) groups is 1. The van der Waals surface area contributed by atoms with E-state index in [2.05, 4.69) is 6.07 Å². The summed E-state index contributed by atoms with van der Waals surface area (Å²) >= 11 is 1.68. The lowest BCUT2D eigenvalue weighted by atomic mass is 9.91. The lowest BCUT2D eigenvalue weighted by molar-refractivity contribution is -0.419. The van der Waals surface area contributed by atoms with Crippen molar-refractivity contribution in [1.29, 1.82) is 0 Å². The molecular formula is C40H34FN3O7S. The third kappa shape index (κ3) is 8.30. The zero-order valence-corrected chi connectivity index (χ0v) is 28.9. The summed E-state index contributed by atoms with van der Waals surface area (Å²) in [5.41, 5.74) is 5.48. The van der Waals surface area contributed by atoms with Crippen LogP contribution >= 0.6 is 11.8 Å². The molecule has 0 spiro atoms. The smallest absolute Gasteiger partial charge is 0.269 e. The number of amides is 1. The number of alkyl halides is 1. The highest BCUT2D eigenvalue weighted by Gasteiger charge is 2.32. The highest BCUT2D eigenvalue weighted by Crippen LogP contribution is 2.43. The number of halogens is 1. The molecule has 7 rings (SSSR count). The first kappa shape index (κ1) is 35.8. The molecule has 3 aliphatic rings. The Morgan fingerprint density at radius 3 is 2.42 bits per heavy atom. The van der Waals surface area contributed by atoms with Gasteiger partial charge < -0.3 is 14.4 Å². The number of ether oxygens (including phenoxy) is 2. The third-order valence-corrected chi connectivity index (χ3v) is 10.1. The van der Waals surface area contributed by atoms with E-state index in [1.54, 1.807) is 78.4 Å². The zero-order chi connectivity index (χ0) is 36.6. The first-order valence-corrected chi connectivity index (χ1v) is 17.3. The second-order valence-electron chi connectivity index (χ2n) is 12.0. The molecule has 2 heterocycles. The number of rotatable bonds is 10. The minimum Gasteiger partial charge on any atom is -0.497 e. The van der Waals surface area contributed by atoms with Crippen LogP contribution in [0.5, 0.6) is 11.5 Å². The number of anilines is 1. The van der Waals surface area contributed by atoms with E-state index >= 15 is 0 Å². The molecule has 0 saturated heterocycles. The predicted molar refractivity (Wildman–Crippen MR) is 200 cm³/mol. The number of nitro groups is 2. The highest BCUT2D eigenvalue weighted by atomic mass is 32.2. The molecule has 2 aliphatic heterocycles. The first-order chi connectivity index (χ1) is 25.2. The fourth-order valence-electron chi connectivity index (χ4n) is 6.06. The second-order valence-corrected chi connectivity index (χ2v) is 13.2. The number of fused-ring (bicyclic) bond motifs is 3. The zero-order valence-electron chi connectivity index (χ0n) is 28.1. The fraction of sp³-hybridized carbons (Fsp3) is 0.175. The molecule has 1 amide bonds. The fourth-order valence-corrected chi connectivity index (χ4v) is 7.41. The van der Waals surface area contributed by atoms with Gasteiger partial charge in [-0.1, -0.05) is 54.6 Å². The van der Waals surface area contributed by atoms with Gasteiger partial charge in [0.05, 0.1) is 29.2 Å². The minimum atomic E-state index is -0.547. The topological polar surface area (TPSA) is 125 Å². The Hall–Kier alpha value is -6.01. The van der Waals surface area contributed by atoms with E-state index in [-0.39, 0.29) is 34.1 Å². The molecule has 0 aromatic heterocycles. The normalized spacial score (nSPS) is 17.8. The van der Waals surface area contributed by atoms with Crippen LogP contribution in [0.1, 0.15) is 22.3 Å². The average Bonchev–Trinajstić information content (AvgIpc) is 3.43. The van der Waals surface area contributed by atoms with Crippen molar-refractivity contribution in [2.75, 3.05) is 25.3 Å². The molecular weight excluding hydrogens is 686 g/mol. The van der Waals surface area contributed by atoms with E-state index < -0.39 is 11.6 Å². The molecule has 0 bridgehead atoms. The number of hydrogen-bond donors (Lipinski definition) is 0. The molecule has 0 N–H and O–H groups in total. The Kier molecular flexibility index (Phi) is 11.3. The number of allylic oxidation sites excluding steroid dienone is 4. The van der Waals surface area contributed by atoms with Gasteiger partial charge in [-0.25, -0.2) is 4.39 Å². The predicted octanol–water partition coefficient (Wildman–Crippen LogP) is 8.65. The summed E-state index contributed by atoms with van der Waals surface area (Å²) in [5, 5.41) is 21.8. The Labute approximate surface area is 303 Å². The van der Waals surface area contributed by atoms with Crippen LogP contribution < -0.4 is 14.4 Å². The van der Waals surface area contributed by atoms with E-state index in [4.69, 9.17) is 9.47 Å². The van der Waals surface area contributed by atoms with Crippen LogP contribution in [-0.4, -0.2) is 41.4 Å². The van der Waals surface area contributed by atoms with Crippen molar-refractivity contribution in [1.82, 2.24) is 0 Å². The Balaban J connectivity index is 0.000000206. The number of carbonyl (C=O) groups excluding carboxylic acids is 1. The number of non-ortho nitro benzene ring substituents is 1. The maximum Gasteiger partial charge on any atom is 0.269 e. The largest absolute Gasteiger partial charge is 0.497 e. The number of para-hydroxylation sites is 1. The SMILES string of the molecule is COc1ccc2c(c1)SC1C=C([N+](=O)[O-])C=CC1C2.O=C1/C(=C\C=C\c2ccc([N+](=O)[O-])cc2)c2ccccc2N1Cc1ccc(OCCF)cc1. The second kappa shape index (κ2) is 16.3. The van der Waals surface area contributed by atoms with E-state index in [1.165, 1.54) is 17.7 Å². The summed E-state index contributed by atoms with van der Waals surface area (Å²) in [6, 6.07) is 27.1. The van der Waals surface area contributed by atoms with Crippen LogP contribution in [0.15, 0.2) is 132 Å². The maximum absolute atomic E-state index is 13.2. The van der Waals surface area contributed by atoms with Gasteiger partial charge in [-0.15, -0.1) is 11.8 Å². The molecule has 2 atom stereocenters. The number of nitro benzene ring substituents is 1. The van der Waals surface area contributed by atoms with Crippen molar-refractivity contribution >= 4 is 40.7 Å². The minimum absolute atomic E-state index is 0.0128. The molecule has 0 fully saturated rings. The summed E-state index contributed by atoms with van der Waals surface area (Å²) in [4.78, 5) is 37.0. The van der Waals surface area contributed by atoms with Crippen LogP contribution in [0.3, 0.4) is 0 Å². The van der Waals surface area contributed by atoms with Gasteiger partial charge in [-0.2, -0.15) is 0 Å². The van der Waals surface area contributed by atoms with E-state index in [0.717, 1.165) is 39.4 Å². The molecule has 4 aromatic carbocycles. The molecule has 1 aliphatic carbocycles. The lowest BCUT2D eigenvalue weighted by Gasteiger charge is -2.30. The van der Waals surface area contributed by atoms with Crippen LogP contribution in [-0.2, 0) is 17.8 Å². The van der Waals surface area contributed by atoms with Crippen molar-refractivity contribution in [2.45, 2.75) is 23.1 Å². The monoisotopic (exact) mass is 719 g/mol. The van der Waals surface area contributed by atoms with Crippen LogP contribution in [0.25, 0.3) is 11.6 Å². The number of hydrogen-bond acceptors (Lipinski definition) is 8. The number of methoxy groups -OCH3 is 1. The van der Waals surface area contributed by atoms with Crippen LogP contribution in [0.4, 0.5) is 15.8 Å². The highest BCUT2D eigenvalue weighted by molar-refractivity contribution is 8.00. The molecule has 2 unspecified atom stereocenters. The van der Waals surface area contributed by atoms with E-state index in [9.17, 15) is 29.4 Å². The van der Waals surface area contributed by atoms with Crippen molar-refractivity contribution in [3.8, 4) is 11.5 Å². The van der Waals surface area contributed by atoms with Gasteiger partial charge in [0.1, 0.15) is 24.8 Å². The van der Waals surface area contributed by atoms with Crippen LogP contribution in [0, 0.1) is 26.1 Å². The summed E-state index contributed by atoms with van der Waals surface area (Å²) in [6.45, 7) is -0.143. The number of benzene rings is 4. The molecule has 12 heteroatoms.